The van der Waals surface area contributed by atoms with E-state index in [0.717, 1.165) is 12.3 Å². The van der Waals surface area contributed by atoms with Crippen LogP contribution in [0.15, 0.2) is 51.8 Å². The molecule has 2 aromatic carbocycles. The van der Waals surface area contributed by atoms with Crippen LogP contribution in [0.2, 0.25) is 0 Å². The Bertz CT molecular complexity index is 1600. The monoisotopic (exact) mass is 562 g/mol. The van der Waals surface area contributed by atoms with Crippen LogP contribution < -0.4 is 15.4 Å². The molecule has 0 spiro atoms. The van der Waals surface area contributed by atoms with E-state index in [4.69, 9.17) is 0 Å². The number of Topliss-reactive ketones (excluding diaryl/α,β-unsaturated/α-hetero) is 2. The van der Waals surface area contributed by atoms with Gasteiger partial charge < -0.3 is 15.7 Å². The number of carbonyl (C=O) groups is 3. The fourth-order valence-corrected chi connectivity index (χ4v) is 6.43. The summed E-state index contributed by atoms with van der Waals surface area (Å²) in [5.41, 5.74) is -1.58. The quantitative estimate of drug-likeness (QED) is 0.368. The molecule has 4 rings (SSSR count). The highest BCUT2D eigenvalue weighted by Gasteiger charge is 2.55. The average molecular weight is 563 g/mol. The van der Waals surface area contributed by atoms with Crippen LogP contribution in [0.4, 0.5) is 16.2 Å². The fraction of sp³-hybridized carbons (Fsp3) is 0.333. The number of amides is 1. The lowest BCUT2D eigenvalue weighted by Gasteiger charge is -2.41. The van der Waals surface area contributed by atoms with E-state index in [1.165, 1.54) is 24.3 Å². The molecule has 2 aliphatic rings. The molecule has 12 nitrogen and oxygen atoms in total. The predicted molar refractivity (Wildman–Crippen MR) is 139 cm³/mol. The lowest BCUT2D eigenvalue weighted by molar-refractivity contribution is -0.127. The van der Waals surface area contributed by atoms with Gasteiger partial charge in [-0.1, -0.05) is 38.1 Å². The third-order valence-corrected chi connectivity index (χ3v) is 8.27. The van der Waals surface area contributed by atoms with Gasteiger partial charge in [-0.3, -0.25) is 14.3 Å². The standard InChI is InChI=1S/C24H26N4O8S2/c1-13(2)10-11-24(26-23(31)32)16-7-5-4-6-15(16)20(29)19(21(24)30)22-25-17-9-8-14(27-37(3,33)34)12-18(17)38(35,36)28-22/h4-9,12-13,19,26-27H,10-11H2,1-3H3,(H,25,28)(H,31,32). The van der Waals surface area contributed by atoms with Crippen molar-refractivity contribution in [3.63, 3.8) is 0 Å². The maximum atomic E-state index is 14.1. The first-order valence-electron chi connectivity index (χ1n) is 11.6. The Morgan fingerprint density at radius 3 is 2.50 bits per heavy atom. The van der Waals surface area contributed by atoms with Gasteiger partial charge in [0, 0.05) is 11.3 Å². The molecule has 14 heteroatoms. The second kappa shape index (κ2) is 9.51. The molecule has 2 unspecified atom stereocenters. The van der Waals surface area contributed by atoms with Crippen molar-refractivity contribution in [2.75, 3.05) is 16.3 Å². The number of rotatable bonds is 7. The van der Waals surface area contributed by atoms with Crippen LogP contribution in [0.5, 0.6) is 0 Å². The van der Waals surface area contributed by atoms with Crippen molar-refractivity contribution in [2.45, 2.75) is 37.1 Å². The number of nitrogens with one attached hydrogen (secondary N) is 3. The summed E-state index contributed by atoms with van der Waals surface area (Å²) in [4.78, 5) is 39.2. The van der Waals surface area contributed by atoms with Crippen molar-refractivity contribution in [3.8, 4) is 0 Å². The second-order valence-corrected chi connectivity index (χ2v) is 13.0. The van der Waals surface area contributed by atoms with E-state index in [-0.39, 0.29) is 39.7 Å². The summed E-state index contributed by atoms with van der Waals surface area (Å²) in [6.45, 7) is 3.80. The SMILES string of the molecule is CC(C)CCC1(NC(=O)O)C(=O)C(C2=NS(=O)(=O)c3cc(NS(C)(=O)=O)ccc3N2)C(=O)c2ccccc21. The molecule has 4 N–H and O–H groups in total. The van der Waals surface area contributed by atoms with Crippen molar-refractivity contribution in [1.29, 1.82) is 0 Å². The molecule has 0 bridgehead atoms. The van der Waals surface area contributed by atoms with Gasteiger partial charge >= 0.3 is 6.09 Å². The number of hydrogen-bond acceptors (Lipinski definition) is 8. The Labute approximate surface area is 219 Å². The highest BCUT2D eigenvalue weighted by atomic mass is 32.2. The first-order valence-corrected chi connectivity index (χ1v) is 14.9. The van der Waals surface area contributed by atoms with Gasteiger partial charge in [-0.15, -0.1) is 4.40 Å². The molecule has 0 saturated heterocycles. The number of fused-ring (bicyclic) bond motifs is 2. The van der Waals surface area contributed by atoms with Crippen molar-refractivity contribution < 1.29 is 36.3 Å². The maximum Gasteiger partial charge on any atom is 0.405 e. The summed E-state index contributed by atoms with van der Waals surface area (Å²) in [5, 5.41) is 14.8. The van der Waals surface area contributed by atoms with E-state index in [2.05, 4.69) is 19.8 Å². The third kappa shape index (κ3) is 5.00. The normalized spacial score (nSPS) is 22.1. The highest BCUT2D eigenvalue weighted by molar-refractivity contribution is 7.92. The van der Waals surface area contributed by atoms with E-state index < -0.39 is 55.0 Å². The summed E-state index contributed by atoms with van der Waals surface area (Å²) in [6.07, 6.45) is -0.108. The van der Waals surface area contributed by atoms with Gasteiger partial charge in [0.15, 0.2) is 11.6 Å². The van der Waals surface area contributed by atoms with Crippen LogP contribution in [0.3, 0.4) is 0 Å². The predicted octanol–water partition coefficient (Wildman–Crippen LogP) is 2.55. The largest absolute Gasteiger partial charge is 0.465 e. The van der Waals surface area contributed by atoms with Gasteiger partial charge in [-0.05, 0) is 42.5 Å². The zero-order valence-electron chi connectivity index (χ0n) is 20.7. The molecular weight excluding hydrogens is 536 g/mol. The zero-order chi connectivity index (χ0) is 28.0. The molecule has 1 amide bonds. The Kier molecular flexibility index (Phi) is 6.82. The van der Waals surface area contributed by atoms with Gasteiger partial charge in [0.05, 0.1) is 11.9 Å². The second-order valence-electron chi connectivity index (χ2n) is 9.64. The number of nitrogens with zero attached hydrogens (tertiary/aromatic N) is 1. The van der Waals surface area contributed by atoms with Crippen LogP contribution in [-0.4, -0.2) is 51.7 Å². The maximum absolute atomic E-state index is 14.1. The van der Waals surface area contributed by atoms with Gasteiger partial charge in [0.2, 0.25) is 10.0 Å². The molecule has 2 atom stereocenters. The summed E-state index contributed by atoms with van der Waals surface area (Å²) < 4.78 is 55.3. The zero-order valence-corrected chi connectivity index (χ0v) is 22.3. The molecule has 0 aromatic heterocycles. The van der Waals surface area contributed by atoms with Crippen LogP contribution >= 0.6 is 0 Å². The number of carboxylic acid groups (broad SMARTS) is 1. The topological polar surface area (TPSA) is 188 Å². The van der Waals surface area contributed by atoms with Crippen LogP contribution in [0, 0.1) is 11.8 Å². The molecule has 1 aliphatic carbocycles. The van der Waals surface area contributed by atoms with Crippen molar-refractivity contribution in [2.24, 2.45) is 16.2 Å². The van der Waals surface area contributed by atoms with E-state index in [0.29, 0.717) is 6.42 Å². The molecule has 0 fully saturated rings. The molecule has 0 saturated carbocycles. The number of benzene rings is 2. The minimum absolute atomic E-state index is 0.0208. The molecule has 1 heterocycles. The molecule has 1 aliphatic heterocycles. The molecular formula is C24H26N4O8S2. The number of ketones is 2. The highest BCUT2D eigenvalue weighted by Crippen LogP contribution is 2.41. The van der Waals surface area contributed by atoms with Crippen molar-refractivity contribution in [3.05, 3.63) is 53.6 Å². The molecule has 38 heavy (non-hydrogen) atoms. The minimum Gasteiger partial charge on any atom is -0.465 e. The summed E-state index contributed by atoms with van der Waals surface area (Å²) >= 11 is 0. The fourth-order valence-electron chi connectivity index (χ4n) is 4.69. The summed E-state index contributed by atoms with van der Waals surface area (Å²) in [5.74, 6) is -3.68. The average Bonchev–Trinajstić information content (AvgIpc) is 2.80. The van der Waals surface area contributed by atoms with E-state index in [1.807, 2.05) is 13.8 Å². The van der Waals surface area contributed by atoms with Gasteiger partial charge in [0.1, 0.15) is 22.2 Å². The first kappa shape index (κ1) is 27.3. The Hall–Kier alpha value is -3.78. The van der Waals surface area contributed by atoms with Crippen LogP contribution in [0.1, 0.15) is 42.6 Å². The molecule has 2 aromatic rings. The number of hydrogen-bond donors (Lipinski definition) is 4. The van der Waals surface area contributed by atoms with Crippen molar-refractivity contribution >= 4 is 54.9 Å². The molecule has 202 valence electrons. The number of carbonyl (C=O) groups excluding carboxylic acids is 2. The van der Waals surface area contributed by atoms with Gasteiger partial charge in [-0.25, -0.2) is 13.2 Å². The van der Waals surface area contributed by atoms with E-state index in [9.17, 15) is 36.3 Å². The smallest absolute Gasteiger partial charge is 0.405 e. The van der Waals surface area contributed by atoms with E-state index >= 15 is 0 Å². The van der Waals surface area contributed by atoms with Crippen LogP contribution in [-0.2, 0) is 30.4 Å². The Morgan fingerprint density at radius 2 is 1.87 bits per heavy atom. The number of sulfonamides is 2. The van der Waals surface area contributed by atoms with Gasteiger partial charge in [-0.2, -0.15) is 8.42 Å². The summed E-state index contributed by atoms with van der Waals surface area (Å²) in [7, 11) is -8.17. The Balaban J connectivity index is 1.85. The lowest BCUT2D eigenvalue weighted by Crippen LogP contribution is -2.60. The van der Waals surface area contributed by atoms with Crippen molar-refractivity contribution in [1.82, 2.24) is 5.32 Å². The van der Waals surface area contributed by atoms with Gasteiger partial charge in [0.25, 0.3) is 10.0 Å². The first-order chi connectivity index (χ1) is 17.6. The van der Waals surface area contributed by atoms with Crippen LogP contribution in [0.25, 0.3) is 0 Å². The van der Waals surface area contributed by atoms with E-state index in [1.54, 1.807) is 12.1 Å². The minimum atomic E-state index is -4.48. The third-order valence-electron chi connectivity index (χ3n) is 6.33. The number of amidine groups is 1. The molecule has 0 radical (unpaired) electrons. The summed E-state index contributed by atoms with van der Waals surface area (Å²) in [6, 6.07) is 9.78. The number of anilines is 2. The Morgan fingerprint density at radius 1 is 1.18 bits per heavy atom. The lowest BCUT2D eigenvalue weighted by atomic mass is 9.67.